The molecule has 3 rings (SSSR count). The first-order valence-corrected chi connectivity index (χ1v) is 7.22. The summed E-state index contributed by atoms with van der Waals surface area (Å²) in [6, 6.07) is 15.4. The minimum atomic E-state index is -0.296. The van der Waals surface area contributed by atoms with Crippen LogP contribution in [0.1, 0.15) is 17.3 Å². The highest BCUT2D eigenvalue weighted by Crippen LogP contribution is 2.30. The Morgan fingerprint density at radius 2 is 2.05 bits per heavy atom. The highest BCUT2D eigenvalue weighted by Gasteiger charge is 2.10. The Hall–Kier alpha value is -2.20. The molecule has 0 spiro atoms. The third-order valence-electron chi connectivity index (χ3n) is 2.91. The standard InChI is InChI=1S/C16H13NO2S/c1-2-19-16(18)12-7-5-6-11(10-12)15-17-13-8-3-4-9-14(13)20-15/h3-10H,2H2,1H3. The Morgan fingerprint density at radius 1 is 1.20 bits per heavy atom. The summed E-state index contributed by atoms with van der Waals surface area (Å²) in [6.45, 7) is 2.18. The normalized spacial score (nSPS) is 10.7. The quantitative estimate of drug-likeness (QED) is 0.678. The SMILES string of the molecule is CCOC(=O)c1cccc(-c2nc3ccccc3s2)c1. The lowest BCUT2D eigenvalue weighted by Crippen LogP contribution is -2.04. The van der Waals surface area contributed by atoms with E-state index in [0.29, 0.717) is 12.2 Å². The summed E-state index contributed by atoms with van der Waals surface area (Å²) in [4.78, 5) is 16.4. The van der Waals surface area contributed by atoms with Crippen molar-refractivity contribution in [1.29, 1.82) is 0 Å². The zero-order valence-electron chi connectivity index (χ0n) is 11.0. The van der Waals surface area contributed by atoms with E-state index in [1.807, 2.05) is 42.5 Å². The van der Waals surface area contributed by atoms with Gasteiger partial charge in [-0.1, -0.05) is 24.3 Å². The molecule has 0 saturated heterocycles. The van der Waals surface area contributed by atoms with Gasteiger partial charge in [0.15, 0.2) is 0 Å². The number of hydrogen-bond donors (Lipinski definition) is 0. The Morgan fingerprint density at radius 3 is 2.85 bits per heavy atom. The fourth-order valence-electron chi connectivity index (χ4n) is 1.99. The van der Waals surface area contributed by atoms with Gasteiger partial charge in [-0.25, -0.2) is 9.78 Å². The van der Waals surface area contributed by atoms with Gasteiger partial charge in [-0.05, 0) is 31.2 Å². The number of carbonyl (C=O) groups is 1. The molecule has 0 unspecified atom stereocenters. The number of hydrogen-bond acceptors (Lipinski definition) is 4. The summed E-state index contributed by atoms with van der Waals surface area (Å²) in [5.41, 5.74) is 2.48. The van der Waals surface area contributed by atoms with Crippen molar-refractivity contribution in [3.63, 3.8) is 0 Å². The van der Waals surface area contributed by atoms with Crippen LogP contribution in [-0.2, 0) is 4.74 Å². The van der Waals surface area contributed by atoms with Crippen LogP contribution in [0.2, 0.25) is 0 Å². The van der Waals surface area contributed by atoms with E-state index < -0.39 is 0 Å². The van der Waals surface area contributed by atoms with Crippen LogP contribution < -0.4 is 0 Å². The number of carbonyl (C=O) groups excluding carboxylic acids is 1. The van der Waals surface area contributed by atoms with Crippen molar-refractivity contribution >= 4 is 27.5 Å². The molecule has 0 saturated carbocycles. The van der Waals surface area contributed by atoms with Crippen LogP contribution in [-0.4, -0.2) is 17.6 Å². The number of benzene rings is 2. The van der Waals surface area contributed by atoms with Crippen molar-refractivity contribution in [3.8, 4) is 10.6 Å². The van der Waals surface area contributed by atoms with E-state index in [1.54, 1.807) is 24.3 Å². The molecule has 3 aromatic rings. The smallest absolute Gasteiger partial charge is 0.338 e. The largest absolute Gasteiger partial charge is 0.462 e. The molecule has 0 radical (unpaired) electrons. The molecule has 0 aliphatic carbocycles. The first kappa shape index (κ1) is 12.8. The van der Waals surface area contributed by atoms with Crippen LogP contribution in [0.3, 0.4) is 0 Å². The van der Waals surface area contributed by atoms with E-state index >= 15 is 0 Å². The number of ether oxygens (including phenoxy) is 1. The van der Waals surface area contributed by atoms with Gasteiger partial charge < -0.3 is 4.74 Å². The predicted octanol–water partition coefficient (Wildman–Crippen LogP) is 4.14. The maximum Gasteiger partial charge on any atom is 0.338 e. The summed E-state index contributed by atoms with van der Waals surface area (Å²) in [7, 11) is 0. The van der Waals surface area contributed by atoms with Gasteiger partial charge in [0.05, 0.1) is 22.4 Å². The second-order valence-electron chi connectivity index (χ2n) is 4.29. The van der Waals surface area contributed by atoms with Gasteiger partial charge in [-0.2, -0.15) is 0 Å². The summed E-state index contributed by atoms with van der Waals surface area (Å²) in [5, 5.41) is 0.914. The van der Waals surface area contributed by atoms with E-state index in [9.17, 15) is 4.79 Å². The molecular weight excluding hydrogens is 270 g/mol. The number of aromatic nitrogens is 1. The van der Waals surface area contributed by atoms with Crippen LogP contribution in [0.5, 0.6) is 0 Å². The van der Waals surface area contributed by atoms with Crippen molar-refractivity contribution in [3.05, 3.63) is 54.1 Å². The average Bonchev–Trinajstić information content (AvgIpc) is 2.91. The van der Waals surface area contributed by atoms with Gasteiger partial charge in [0.2, 0.25) is 0 Å². The van der Waals surface area contributed by atoms with Crippen LogP contribution in [0, 0.1) is 0 Å². The lowest BCUT2D eigenvalue weighted by Gasteiger charge is -2.02. The molecule has 0 aliphatic heterocycles. The molecule has 0 N–H and O–H groups in total. The predicted molar refractivity (Wildman–Crippen MR) is 81.0 cm³/mol. The summed E-state index contributed by atoms with van der Waals surface area (Å²) in [5.74, 6) is -0.296. The highest BCUT2D eigenvalue weighted by atomic mass is 32.1. The van der Waals surface area contributed by atoms with Crippen molar-refractivity contribution in [1.82, 2.24) is 4.98 Å². The van der Waals surface area contributed by atoms with Crippen LogP contribution in [0.4, 0.5) is 0 Å². The zero-order valence-corrected chi connectivity index (χ0v) is 11.8. The van der Waals surface area contributed by atoms with Gasteiger partial charge in [0.25, 0.3) is 0 Å². The molecule has 0 fully saturated rings. The second-order valence-corrected chi connectivity index (χ2v) is 5.32. The Bertz CT molecular complexity index is 731. The Balaban J connectivity index is 2.01. The number of rotatable bonds is 3. The Kier molecular flexibility index (Phi) is 3.48. The van der Waals surface area contributed by atoms with Gasteiger partial charge in [-0.15, -0.1) is 11.3 Å². The molecule has 3 nitrogen and oxygen atoms in total. The maximum absolute atomic E-state index is 11.8. The van der Waals surface area contributed by atoms with Crippen LogP contribution >= 0.6 is 11.3 Å². The van der Waals surface area contributed by atoms with E-state index in [2.05, 4.69) is 4.98 Å². The molecule has 0 amide bonds. The first-order chi connectivity index (χ1) is 9.78. The van der Waals surface area contributed by atoms with Gasteiger partial charge in [0, 0.05) is 5.56 Å². The molecule has 4 heteroatoms. The topological polar surface area (TPSA) is 39.2 Å². The van der Waals surface area contributed by atoms with Crippen molar-refractivity contribution < 1.29 is 9.53 Å². The number of esters is 1. The van der Waals surface area contributed by atoms with E-state index in [4.69, 9.17) is 4.74 Å². The van der Waals surface area contributed by atoms with E-state index in [1.165, 1.54) is 0 Å². The summed E-state index contributed by atoms with van der Waals surface area (Å²) >= 11 is 1.62. The van der Waals surface area contributed by atoms with Crippen LogP contribution in [0.15, 0.2) is 48.5 Å². The number of para-hydroxylation sites is 1. The molecule has 20 heavy (non-hydrogen) atoms. The molecule has 2 aromatic carbocycles. The molecule has 1 heterocycles. The lowest BCUT2D eigenvalue weighted by molar-refractivity contribution is 0.0526. The third-order valence-corrected chi connectivity index (χ3v) is 4.00. The van der Waals surface area contributed by atoms with Crippen molar-refractivity contribution in [2.24, 2.45) is 0 Å². The lowest BCUT2D eigenvalue weighted by atomic mass is 10.1. The molecule has 100 valence electrons. The molecular formula is C16H13NO2S. The third kappa shape index (κ3) is 2.42. The number of thiazole rings is 1. The molecule has 0 atom stereocenters. The number of fused-ring (bicyclic) bond motifs is 1. The van der Waals surface area contributed by atoms with Crippen molar-refractivity contribution in [2.45, 2.75) is 6.92 Å². The van der Waals surface area contributed by atoms with E-state index in [0.717, 1.165) is 20.8 Å². The number of nitrogens with zero attached hydrogens (tertiary/aromatic N) is 1. The minimum absolute atomic E-state index is 0.296. The molecule has 1 aromatic heterocycles. The van der Waals surface area contributed by atoms with Gasteiger partial charge >= 0.3 is 5.97 Å². The van der Waals surface area contributed by atoms with Gasteiger partial charge in [-0.3, -0.25) is 0 Å². The highest BCUT2D eigenvalue weighted by molar-refractivity contribution is 7.21. The fourth-order valence-corrected chi connectivity index (χ4v) is 2.95. The summed E-state index contributed by atoms with van der Waals surface area (Å²) < 4.78 is 6.16. The molecule has 0 aliphatic rings. The second kappa shape index (κ2) is 5.43. The zero-order chi connectivity index (χ0) is 13.9. The fraction of sp³-hybridized carbons (Fsp3) is 0.125. The minimum Gasteiger partial charge on any atom is -0.462 e. The maximum atomic E-state index is 11.8. The van der Waals surface area contributed by atoms with Crippen molar-refractivity contribution in [2.75, 3.05) is 6.61 Å². The average molecular weight is 283 g/mol. The first-order valence-electron chi connectivity index (χ1n) is 6.41. The van der Waals surface area contributed by atoms with E-state index in [-0.39, 0.29) is 5.97 Å². The van der Waals surface area contributed by atoms with Gasteiger partial charge in [0.1, 0.15) is 5.01 Å². The monoisotopic (exact) mass is 283 g/mol. The van der Waals surface area contributed by atoms with Crippen LogP contribution in [0.25, 0.3) is 20.8 Å². The molecule has 0 bridgehead atoms. The Labute approximate surface area is 120 Å². The summed E-state index contributed by atoms with van der Waals surface area (Å²) in [6.07, 6.45) is 0.